The summed E-state index contributed by atoms with van der Waals surface area (Å²) in [5.74, 6) is 0. The minimum absolute atomic E-state index is 0.418. The lowest BCUT2D eigenvalue weighted by molar-refractivity contribution is -0.992. The molecular formula is C15H34N+. The van der Waals surface area contributed by atoms with Crippen LogP contribution in [0, 0.1) is 0 Å². The van der Waals surface area contributed by atoms with Crippen LogP contribution in [-0.4, -0.2) is 29.2 Å². The van der Waals surface area contributed by atoms with Gasteiger partial charge in [0, 0.05) is 0 Å². The zero-order chi connectivity index (χ0) is 12.8. The molecule has 1 nitrogen and oxygen atoms in total. The van der Waals surface area contributed by atoms with Crippen LogP contribution < -0.4 is 0 Å². The summed E-state index contributed by atoms with van der Waals surface area (Å²) in [4.78, 5) is 0. The summed E-state index contributed by atoms with van der Waals surface area (Å²) in [6.07, 6.45) is 5.17. The quantitative estimate of drug-likeness (QED) is 0.532. The first-order valence-electron chi connectivity index (χ1n) is 7.28. The molecule has 0 amide bonds. The molecule has 0 fully saturated rings. The number of nitrogens with zero attached hydrogens (tertiary/aromatic N) is 1. The Morgan fingerprint density at radius 3 is 1.62 bits per heavy atom. The predicted molar refractivity (Wildman–Crippen MR) is 74.7 cm³/mol. The van der Waals surface area contributed by atoms with Gasteiger partial charge in [0.1, 0.15) is 0 Å². The molecule has 1 unspecified atom stereocenters. The van der Waals surface area contributed by atoms with Crippen molar-refractivity contribution in [3.8, 4) is 0 Å². The Bertz CT molecular complexity index is 178. The van der Waals surface area contributed by atoms with Gasteiger partial charge in [0.05, 0.1) is 24.7 Å². The first kappa shape index (κ1) is 16.0. The summed E-state index contributed by atoms with van der Waals surface area (Å²) in [6.45, 7) is 19.4. The summed E-state index contributed by atoms with van der Waals surface area (Å²) >= 11 is 0. The molecule has 0 aromatic carbocycles. The molecule has 1 heteroatoms. The molecule has 0 radical (unpaired) electrons. The zero-order valence-electron chi connectivity index (χ0n) is 12.8. The molecular weight excluding hydrogens is 194 g/mol. The Hall–Kier alpha value is -0.0400. The molecule has 0 saturated heterocycles. The Morgan fingerprint density at radius 2 is 1.38 bits per heavy atom. The Kier molecular flexibility index (Phi) is 6.62. The largest absolute Gasteiger partial charge is 0.317 e. The fourth-order valence-corrected chi connectivity index (χ4v) is 3.22. The molecule has 0 heterocycles. The van der Waals surface area contributed by atoms with E-state index >= 15 is 0 Å². The Morgan fingerprint density at radius 1 is 0.938 bits per heavy atom. The number of quaternary nitrogens is 1. The average Bonchev–Trinajstić information content (AvgIpc) is 2.27. The van der Waals surface area contributed by atoms with E-state index in [1.165, 1.54) is 43.3 Å². The lowest BCUT2D eigenvalue weighted by Crippen LogP contribution is -2.66. The van der Waals surface area contributed by atoms with E-state index in [1.807, 2.05) is 0 Å². The van der Waals surface area contributed by atoms with Crippen LogP contribution in [0.3, 0.4) is 0 Å². The molecule has 0 aliphatic heterocycles. The standard InChI is InChI=1S/C15H34N/c1-8-12-16(13-9-2,14(5)10-3)15(6,7)11-4/h14H,8-13H2,1-7H3/q+1. The number of rotatable bonds is 8. The van der Waals surface area contributed by atoms with E-state index in [4.69, 9.17) is 0 Å². The van der Waals surface area contributed by atoms with Crippen LogP contribution in [0.5, 0.6) is 0 Å². The van der Waals surface area contributed by atoms with E-state index in [0.717, 1.165) is 6.04 Å². The van der Waals surface area contributed by atoms with E-state index < -0.39 is 0 Å². The van der Waals surface area contributed by atoms with Crippen molar-refractivity contribution in [2.75, 3.05) is 13.1 Å². The van der Waals surface area contributed by atoms with E-state index in [0.29, 0.717) is 5.54 Å². The first-order valence-corrected chi connectivity index (χ1v) is 7.28. The van der Waals surface area contributed by atoms with Crippen molar-refractivity contribution in [2.24, 2.45) is 0 Å². The molecule has 1 atom stereocenters. The highest BCUT2D eigenvalue weighted by molar-refractivity contribution is 4.72. The molecule has 0 N–H and O–H groups in total. The predicted octanol–water partition coefficient (Wildman–Crippen LogP) is 4.61. The summed E-state index contributed by atoms with van der Waals surface area (Å²) in [5.41, 5.74) is 0.418. The zero-order valence-corrected chi connectivity index (χ0v) is 12.8. The summed E-state index contributed by atoms with van der Waals surface area (Å²) < 4.78 is 1.31. The average molecular weight is 228 g/mol. The van der Waals surface area contributed by atoms with Crippen LogP contribution >= 0.6 is 0 Å². The van der Waals surface area contributed by atoms with Gasteiger partial charge in [-0.05, 0) is 46.5 Å². The topological polar surface area (TPSA) is 0 Å². The molecule has 16 heavy (non-hydrogen) atoms. The molecule has 0 aliphatic rings. The number of hydrogen-bond acceptors (Lipinski definition) is 0. The van der Waals surface area contributed by atoms with Gasteiger partial charge in [-0.15, -0.1) is 0 Å². The van der Waals surface area contributed by atoms with Gasteiger partial charge in [0.15, 0.2) is 0 Å². The van der Waals surface area contributed by atoms with E-state index in [9.17, 15) is 0 Å². The fraction of sp³-hybridized carbons (Fsp3) is 1.00. The molecule has 98 valence electrons. The van der Waals surface area contributed by atoms with Crippen LogP contribution in [0.1, 0.15) is 74.1 Å². The summed E-state index contributed by atoms with van der Waals surface area (Å²) in [7, 11) is 0. The summed E-state index contributed by atoms with van der Waals surface area (Å²) in [6, 6.07) is 0.787. The molecule has 0 saturated carbocycles. The van der Waals surface area contributed by atoms with Crippen molar-refractivity contribution >= 4 is 0 Å². The van der Waals surface area contributed by atoms with Crippen LogP contribution in [0.15, 0.2) is 0 Å². The maximum absolute atomic E-state index is 2.46. The Balaban J connectivity index is 5.23. The van der Waals surface area contributed by atoms with Gasteiger partial charge in [-0.2, -0.15) is 0 Å². The summed E-state index contributed by atoms with van der Waals surface area (Å²) in [5, 5.41) is 0. The van der Waals surface area contributed by atoms with E-state index in [-0.39, 0.29) is 0 Å². The van der Waals surface area contributed by atoms with Crippen LogP contribution in [0.25, 0.3) is 0 Å². The smallest absolute Gasteiger partial charge is 0.0934 e. The maximum atomic E-state index is 2.46. The highest BCUT2D eigenvalue weighted by Gasteiger charge is 2.44. The van der Waals surface area contributed by atoms with Crippen LogP contribution in [-0.2, 0) is 0 Å². The van der Waals surface area contributed by atoms with Gasteiger partial charge in [-0.1, -0.05) is 27.7 Å². The first-order chi connectivity index (χ1) is 7.41. The van der Waals surface area contributed by atoms with Crippen LogP contribution in [0.2, 0.25) is 0 Å². The highest BCUT2D eigenvalue weighted by atomic mass is 15.4. The monoisotopic (exact) mass is 228 g/mol. The van der Waals surface area contributed by atoms with Gasteiger partial charge in [-0.25, -0.2) is 0 Å². The van der Waals surface area contributed by atoms with E-state index in [1.54, 1.807) is 0 Å². The normalized spacial score (nSPS) is 15.2. The molecule has 0 aromatic rings. The highest BCUT2D eigenvalue weighted by Crippen LogP contribution is 2.33. The van der Waals surface area contributed by atoms with Crippen molar-refractivity contribution in [3.05, 3.63) is 0 Å². The van der Waals surface area contributed by atoms with Crippen molar-refractivity contribution in [3.63, 3.8) is 0 Å². The third-order valence-electron chi connectivity index (χ3n) is 4.75. The molecule has 0 bridgehead atoms. The third-order valence-corrected chi connectivity index (χ3v) is 4.75. The minimum Gasteiger partial charge on any atom is -0.317 e. The van der Waals surface area contributed by atoms with Gasteiger partial charge in [0.2, 0.25) is 0 Å². The van der Waals surface area contributed by atoms with E-state index in [2.05, 4.69) is 48.5 Å². The fourth-order valence-electron chi connectivity index (χ4n) is 3.22. The van der Waals surface area contributed by atoms with Gasteiger partial charge < -0.3 is 4.48 Å². The second-order valence-electron chi connectivity index (χ2n) is 5.90. The second-order valence-corrected chi connectivity index (χ2v) is 5.90. The second kappa shape index (κ2) is 6.64. The third kappa shape index (κ3) is 3.00. The Labute approximate surface area is 104 Å². The van der Waals surface area contributed by atoms with Crippen molar-refractivity contribution in [1.82, 2.24) is 0 Å². The van der Waals surface area contributed by atoms with Gasteiger partial charge >= 0.3 is 0 Å². The van der Waals surface area contributed by atoms with Crippen LogP contribution in [0.4, 0.5) is 0 Å². The van der Waals surface area contributed by atoms with Crippen molar-refractivity contribution in [1.29, 1.82) is 0 Å². The maximum Gasteiger partial charge on any atom is 0.0934 e. The SMILES string of the molecule is CCC[N+](CCC)(C(C)CC)C(C)(C)CC. The lowest BCUT2D eigenvalue weighted by atomic mass is 9.90. The minimum atomic E-state index is 0.418. The molecule has 0 aromatic heterocycles. The molecule has 0 rings (SSSR count). The lowest BCUT2D eigenvalue weighted by Gasteiger charge is -2.54. The molecule has 0 spiro atoms. The van der Waals surface area contributed by atoms with Crippen molar-refractivity contribution < 1.29 is 4.48 Å². The van der Waals surface area contributed by atoms with Crippen molar-refractivity contribution in [2.45, 2.75) is 85.7 Å². The van der Waals surface area contributed by atoms with Gasteiger partial charge in [0.25, 0.3) is 0 Å². The molecule has 0 aliphatic carbocycles. The number of hydrogen-bond donors (Lipinski definition) is 0. The van der Waals surface area contributed by atoms with Gasteiger partial charge in [-0.3, -0.25) is 0 Å².